The van der Waals surface area contributed by atoms with Crippen LogP contribution in [-0.2, 0) is 12.4 Å². The fourth-order valence-corrected chi connectivity index (χ4v) is 11.1. The molecule has 2 nitrogen and oxygen atoms in total. The molecule has 0 amide bonds. The highest BCUT2D eigenvalue weighted by atomic mass is 19.4. The first-order chi connectivity index (χ1) is 48.3. The van der Waals surface area contributed by atoms with E-state index in [4.69, 9.17) is 21.9 Å². The van der Waals surface area contributed by atoms with Gasteiger partial charge in [-0.25, -0.2) is 0 Å². The molecule has 8 heteroatoms. The zero-order chi connectivity index (χ0) is 73.1. The lowest BCUT2D eigenvalue weighted by molar-refractivity contribution is -0.137. The van der Waals surface area contributed by atoms with Gasteiger partial charge >= 0.3 is 12.4 Å². The van der Waals surface area contributed by atoms with Crippen LogP contribution >= 0.6 is 0 Å². The molecule has 82 heavy (non-hydrogen) atoms. The van der Waals surface area contributed by atoms with E-state index >= 15 is 26.3 Å². The maximum atomic E-state index is 17.1. The van der Waals surface area contributed by atoms with Crippen LogP contribution in [0.25, 0.3) is 98.4 Å². The van der Waals surface area contributed by atoms with Gasteiger partial charge in [0.2, 0.25) is 0 Å². The van der Waals surface area contributed by atoms with E-state index in [0.29, 0.717) is 39.1 Å². The summed E-state index contributed by atoms with van der Waals surface area (Å²) in [6.07, 6.45) is -11.0. The molecule has 0 aliphatic rings. The van der Waals surface area contributed by atoms with E-state index < -0.39 is 200 Å². The first kappa shape index (κ1) is 32.8. The number of halogens is 6. The van der Waals surface area contributed by atoms with Crippen molar-refractivity contribution in [1.82, 2.24) is 0 Å². The summed E-state index contributed by atoms with van der Waals surface area (Å²) >= 11 is 0. The lowest BCUT2D eigenvalue weighted by Gasteiger charge is -2.34. The average molecular weight is 1100 g/mol. The summed E-state index contributed by atoms with van der Waals surface area (Å²) in [5, 5.41) is 2.97. The Kier molecular flexibility index (Phi) is 7.94. The molecule has 0 fully saturated rings. The number of benzene rings is 14. The van der Waals surface area contributed by atoms with Crippen molar-refractivity contribution in [3.05, 3.63) is 290 Å². The van der Waals surface area contributed by atoms with Crippen molar-refractivity contribution >= 4 is 88.0 Å². The fraction of sp³-hybridized carbons (Fsp3) is 0.0270. The Bertz CT molecular complexity index is 5850. The molecule has 0 atom stereocenters. The van der Waals surface area contributed by atoms with E-state index in [1.165, 1.54) is 40.1 Å². The van der Waals surface area contributed by atoms with Crippen molar-refractivity contribution < 1.29 is 53.8 Å². The maximum absolute atomic E-state index is 17.1. The molecule has 14 aromatic carbocycles. The molecule has 0 N–H and O–H groups in total. The standard InChI is InChI=1S/C74H46F6N2/c75-73(76,77)63-44-55(47-20-5-1-6-21-47)42-61(51-24-9-3-10-25-51)71(63)81(65-36-18-30-49-28-13-15-33-57(49)65)67-41-39-54-46-68(59-35-17-32-53-38-40-60(67)70(54)69(53)59)82(66-37-19-31-50-29-14-16-34-58(50)66)72-62(52-26-11-4-12-27-52)43-56(45-64(72)74(78,79)80)48-22-7-2-8-23-48/h1-46H/i1D,2D,3D,4D,5D,6D,7D,8D,9D,10D,11D,12D,20D,21D,22D,23D,24D,25D,26D,27D. The van der Waals surface area contributed by atoms with Gasteiger partial charge < -0.3 is 9.80 Å². The number of rotatable bonds is 10. The van der Waals surface area contributed by atoms with E-state index in [9.17, 15) is 5.48 Å². The summed E-state index contributed by atoms with van der Waals surface area (Å²) in [5.74, 6) is 0. The lowest BCUT2D eigenvalue weighted by atomic mass is 9.88. The molecular weight excluding hydrogens is 1030 g/mol. The van der Waals surface area contributed by atoms with Crippen LogP contribution in [0.15, 0.2) is 279 Å². The minimum atomic E-state index is -5.51. The Balaban J connectivity index is 1.16. The van der Waals surface area contributed by atoms with Gasteiger partial charge in [0.1, 0.15) is 0 Å². The third-order valence-corrected chi connectivity index (χ3v) is 14.5. The number of hydrogen-bond acceptors (Lipinski definition) is 2. The van der Waals surface area contributed by atoms with Crippen molar-refractivity contribution in [2.45, 2.75) is 12.4 Å². The summed E-state index contributed by atoms with van der Waals surface area (Å²) in [5.41, 5.74) is -10.7. The molecule has 0 spiro atoms. The summed E-state index contributed by atoms with van der Waals surface area (Å²) in [6.45, 7) is 0. The van der Waals surface area contributed by atoms with E-state index in [0.717, 1.165) is 12.1 Å². The molecule has 14 aromatic rings. The predicted molar refractivity (Wildman–Crippen MR) is 326 cm³/mol. The highest BCUT2D eigenvalue weighted by Crippen LogP contribution is 2.57. The van der Waals surface area contributed by atoms with E-state index in [1.807, 2.05) is 0 Å². The minimum absolute atomic E-state index is 0.00678. The van der Waals surface area contributed by atoms with Crippen LogP contribution in [0.3, 0.4) is 0 Å². The van der Waals surface area contributed by atoms with E-state index in [2.05, 4.69) is 0 Å². The Morgan fingerprint density at radius 2 is 0.646 bits per heavy atom. The Hall–Kier alpha value is -10.2. The fourth-order valence-electron chi connectivity index (χ4n) is 11.1. The minimum Gasteiger partial charge on any atom is -0.308 e. The number of anilines is 6. The lowest BCUT2D eigenvalue weighted by Crippen LogP contribution is -2.19. The molecule has 0 saturated heterocycles. The Morgan fingerprint density at radius 3 is 1.13 bits per heavy atom. The van der Waals surface area contributed by atoms with Crippen molar-refractivity contribution in [3.8, 4) is 44.5 Å². The van der Waals surface area contributed by atoms with E-state index in [1.54, 1.807) is 103 Å². The van der Waals surface area contributed by atoms with Crippen molar-refractivity contribution in [1.29, 1.82) is 0 Å². The van der Waals surface area contributed by atoms with Gasteiger partial charge in [-0.3, -0.25) is 0 Å². The van der Waals surface area contributed by atoms with Crippen LogP contribution in [0, 0.1) is 0 Å². The normalized spacial score (nSPS) is 15.4. The second-order valence-electron chi connectivity index (χ2n) is 19.1. The topological polar surface area (TPSA) is 6.48 Å². The second-order valence-corrected chi connectivity index (χ2v) is 19.1. The summed E-state index contributed by atoms with van der Waals surface area (Å²) in [7, 11) is 0. The highest BCUT2D eigenvalue weighted by molar-refractivity contribution is 6.30. The van der Waals surface area contributed by atoms with E-state index in [-0.39, 0.29) is 49.7 Å². The highest BCUT2D eigenvalue weighted by Gasteiger charge is 2.41. The van der Waals surface area contributed by atoms with Crippen LogP contribution in [0.5, 0.6) is 0 Å². The molecule has 14 rings (SSSR count). The van der Waals surface area contributed by atoms with Crippen LogP contribution in [-0.4, -0.2) is 0 Å². The zero-order valence-electron chi connectivity index (χ0n) is 62.2. The molecule has 394 valence electrons. The molecule has 0 unspecified atom stereocenters. The Morgan fingerprint density at radius 1 is 0.280 bits per heavy atom. The van der Waals surface area contributed by atoms with Gasteiger partial charge in [-0.2, -0.15) is 26.3 Å². The van der Waals surface area contributed by atoms with Gasteiger partial charge in [0.25, 0.3) is 0 Å². The summed E-state index contributed by atoms with van der Waals surface area (Å²) in [6, 6.07) is 19.6. The number of hydrogen-bond donors (Lipinski definition) is 0. The molecule has 0 aliphatic heterocycles. The smallest absolute Gasteiger partial charge is 0.308 e. The molecule has 0 bridgehead atoms. The first-order valence-electron chi connectivity index (χ1n) is 35.3. The monoisotopic (exact) mass is 1100 g/mol. The zero-order valence-corrected chi connectivity index (χ0v) is 42.2. The number of fused-ring (bicyclic) bond motifs is 2. The molecule has 0 aliphatic carbocycles. The second kappa shape index (κ2) is 19.9. The molecule has 0 radical (unpaired) electrons. The largest absolute Gasteiger partial charge is 0.418 e. The van der Waals surface area contributed by atoms with Crippen LogP contribution in [0.1, 0.15) is 38.5 Å². The number of nitrogens with zero attached hydrogens (tertiary/aromatic N) is 2. The van der Waals surface area contributed by atoms with Crippen molar-refractivity contribution in [3.63, 3.8) is 0 Å². The van der Waals surface area contributed by atoms with Crippen molar-refractivity contribution in [2.75, 3.05) is 9.80 Å². The SMILES string of the molecule is [2H]c1c([2H])c([2H])c(-c2cc(-c3c([2H])c([2H])c([2H])c([2H])c3[2H])c(N(c3cccc4ccccc34)c3cc4ccc(N(c5c(-c6c([2H])c([2H])c([2H])c([2H])c6[2H])cc(-c6c([2H])c([2H])c([2H])c([2H])c6[2H])cc5C(F)(F)F)c5cccc6ccccc56)c5ccc6cccc3c6c45)c(C(F)(F)F)c2)c([2H])c1[2H]. The summed E-state index contributed by atoms with van der Waals surface area (Å²) < 4.78 is 280. The van der Waals surface area contributed by atoms with Gasteiger partial charge in [-0.1, -0.05) is 230 Å². The van der Waals surface area contributed by atoms with Gasteiger partial charge in [0.05, 0.1) is 72.7 Å². The summed E-state index contributed by atoms with van der Waals surface area (Å²) in [4.78, 5) is 2.40. The van der Waals surface area contributed by atoms with Gasteiger partial charge in [-0.05, 0) is 114 Å². The third kappa shape index (κ3) is 8.62. The van der Waals surface area contributed by atoms with Gasteiger partial charge in [0, 0.05) is 32.7 Å². The molecule has 0 aromatic heterocycles. The van der Waals surface area contributed by atoms with Gasteiger partial charge in [-0.15, -0.1) is 0 Å². The predicted octanol–water partition coefficient (Wildman–Crippen LogP) is 22.5. The van der Waals surface area contributed by atoms with Crippen molar-refractivity contribution in [2.24, 2.45) is 0 Å². The molecule has 0 saturated carbocycles. The Labute approximate surface area is 497 Å². The molecule has 0 heterocycles. The third-order valence-electron chi connectivity index (χ3n) is 14.5. The van der Waals surface area contributed by atoms with Crippen LogP contribution in [0.2, 0.25) is 0 Å². The average Bonchev–Trinajstić information content (AvgIpc) is 0.706. The first-order valence-corrected chi connectivity index (χ1v) is 25.3. The van der Waals surface area contributed by atoms with Crippen LogP contribution in [0.4, 0.5) is 60.5 Å². The van der Waals surface area contributed by atoms with Gasteiger partial charge in [0.15, 0.2) is 0 Å². The quantitative estimate of drug-likeness (QED) is 0.0995. The van der Waals surface area contributed by atoms with Crippen LogP contribution < -0.4 is 9.80 Å². The molecular formula is C74H46F6N2. The maximum Gasteiger partial charge on any atom is 0.418 e. The number of alkyl halides is 6.